The van der Waals surface area contributed by atoms with Crippen LogP contribution < -0.4 is 10.5 Å². The van der Waals surface area contributed by atoms with E-state index in [1.165, 1.54) is 0 Å². The van der Waals surface area contributed by atoms with Crippen LogP contribution in [0.15, 0.2) is 49.2 Å². The average Bonchev–Trinajstić information content (AvgIpc) is 2.57. The van der Waals surface area contributed by atoms with Crippen LogP contribution in [0.5, 0.6) is 11.8 Å². The van der Waals surface area contributed by atoms with E-state index in [1.807, 2.05) is 44.2 Å². The zero-order valence-electron chi connectivity index (χ0n) is 13.5. The van der Waals surface area contributed by atoms with Crippen LogP contribution in [-0.2, 0) is 4.79 Å². The van der Waals surface area contributed by atoms with E-state index < -0.39 is 5.91 Å². The zero-order valence-corrected chi connectivity index (χ0v) is 13.5. The molecule has 0 unspecified atom stereocenters. The van der Waals surface area contributed by atoms with Crippen molar-refractivity contribution in [2.45, 2.75) is 13.8 Å². The Morgan fingerprint density at radius 1 is 1.12 bits per heavy atom. The second-order valence-corrected chi connectivity index (χ2v) is 5.59. The van der Waals surface area contributed by atoms with Crippen LogP contribution in [0.2, 0.25) is 0 Å². The molecule has 1 amide bonds. The second-order valence-electron chi connectivity index (χ2n) is 5.59. The van der Waals surface area contributed by atoms with E-state index in [0.29, 0.717) is 16.8 Å². The Morgan fingerprint density at radius 3 is 2.50 bits per heavy atom. The van der Waals surface area contributed by atoms with Crippen LogP contribution in [0.25, 0.3) is 16.5 Å². The molecule has 0 radical (unpaired) electrons. The molecule has 2 aromatic carbocycles. The number of aryl methyl sites for hydroxylation is 2. The predicted octanol–water partition coefficient (Wildman–Crippen LogP) is 3.54. The first-order valence-electron chi connectivity index (χ1n) is 7.45. The maximum Gasteiger partial charge on any atom is 0.322 e. The van der Waals surface area contributed by atoms with E-state index >= 15 is 0 Å². The van der Waals surface area contributed by atoms with Gasteiger partial charge in [-0.1, -0.05) is 36.4 Å². The molecule has 0 aliphatic rings. The molecule has 24 heavy (non-hydrogen) atoms. The van der Waals surface area contributed by atoms with Crippen molar-refractivity contribution in [3.8, 4) is 11.8 Å². The first-order valence-corrected chi connectivity index (χ1v) is 7.45. The van der Waals surface area contributed by atoms with Gasteiger partial charge in [-0.05, 0) is 37.1 Å². The van der Waals surface area contributed by atoms with Gasteiger partial charge in [-0.3, -0.25) is 4.79 Å². The van der Waals surface area contributed by atoms with Gasteiger partial charge in [0.1, 0.15) is 5.75 Å². The molecule has 2 N–H and O–H groups in total. The molecule has 120 valence electrons. The molecular weight excluding hydrogens is 302 g/mol. The molecule has 1 aromatic heterocycles. The van der Waals surface area contributed by atoms with Crippen molar-refractivity contribution in [1.82, 2.24) is 9.97 Å². The van der Waals surface area contributed by atoms with Crippen molar-refractivity contribution in [3.05, 3.63) is 65.9 Å². The Labute approximate surface area is 139 Å². The molecule has 3 rings (SSSR count). The van der Waals surface area contributed by atoms with Crippen molar-refractivity contribution in [2.24, 2.45) is 5.73 Å². The van der Waals surface area contributed by atoms with Gasteiger partial charge in [0.2, 0.25) is 5.91 Å². The third kappa shape index (κ3) is 2.96. The van der Waals surface area contributed by atoms with Gasteiger partial charge in [-0.15, -0.1) is 0 Å². The fraction of sp³-hybridized carbons (Fsp3) is 0.105. The number of ether oxygens (including phenoxy) is 1. The maximum absolute atomic E-state index is 11.4. The number of fused-ring (bicyclic) bond motifs is 1. The lowest BCUT2D eigenvalue weighted by molar-refractivity contribution is -0.112. The summed E-state index contributed by atoms with van der Waals surface area (Å²) in [5, 5.41) is 0.852. The Bertz CT molecular complexity index is 947. The molecule has 3 aromatic rings. The minimum absolute atomic E-state index is 0.247. The Morgan fingerprint density at radius 2 is 1.83 bits per heavy atom. The van der Waals surface area contributed by atoms with E-state index in [9.17, 15) is 4.79 Å². The third-order valence-electron chi connectivity index (χ3n) is 3.84. The van der Waals surface area contributed by atoms with Gasteiger partial charge in [0.25, 0.3) is 0 Å². The minimum Gasteiger partial charge on any atom is -0.424 e. The smallest absolute Gasteiger partial charge is 0.322 e. The predicted molar refractivity (Wildman–Crippen MR) is 93.8 cm³/mol. The largest absolute Gasteiger partial charge is 0.424 e. The lowest BCUT2D eigenvalue weighted by atomic mass is 9.99. The van der Waals surface area contributed by atoms with Gasteiger partial charge in [-0.25, -0.2) is 4.98 Å². The third-order valence-corrected chi connectivity index (χ3v) is 3.84. The molecule has 0 fully saturated rings. The topological polar surface area (TPSA) is 78.1 Å². The van der Waals surface area contributed by atoms with Crippen molar-refractivity contribution in [1.29, 1.82) is 0 Å². The summed E-state index contributed by atoms with van der Waals surface area (Å²) in [7, 11) is 0. The number of benzene rings is 2. The van der Waals surface area contributed by atoms with Crippen molar-refractivity contribution >= 4 is 22.4 Å². The number of primary amides is 1. The van der Waals surface area contributed by atoms with Crippen LogP contribution in [0, 0.1) is 13.8 Å². The van der Waals surface area contributed by atoms with Crippen LogP contribution in [0.1, 0.15) is 16.7 Å². The molecule has 5 heteroatoms. The summed E-state index contributed by atoms with van der Waals surface area (Å²) < 4.78 is 5.71. The number of rotatable bonds is 4. The molecule has 0 aliphatic heterocycles. The molecule has 0 spiro atoms. The number of carbonyl (C=O) groups is 1. The summed E-state index contributed by atoms with van der Waals surface area (Å²) in [6.07, 6.45) is 1.69. The van der Waals surface area contributed by atoms with Gasteiger partial charge < -0.3 is 10.5 Å². The molecule has 0 saturated heterocycles. The summed E-state index contributed by atoms with van der Waals surface area (Å²) in [4.78, 5) is 20.1. The molecule has 0 bridgehead atoms. The zero-order chi connectivity index (χ0) is 17.3. The standard InChI is InChI=1S/C19H17N3O2/c1-11-4-7-15(8-5-11)24-19-21-10-14-6-9-16(13(3)18(20)23)12(2)17(14)22-19/h4-10H,3H2,1-2H3,(H2,20,23). The van der Waals surface area contributed by atoms with Crippen molar-refractivity contribution < 1.29 is 9.53 Å². The lowest BCUT2D eigenvalue weighted by Crippen LogP contribution is -2.12. The van der Waals surface area contributed by atoms with E-state index in [1.54, 1.807) is 12.3 Å². The fourth-order valence-corrected chi connectivity index (χ4v) is 2.44. The van der Waals surface area contributed by atoms with Gasteiger partial charge in [0, 0.05) is 17.2 Å². The average molecular weight is 319 g/mol. The van der Waals surface area contributed by atoms with Crippen LogP contribution >= 0.6 is 0 Å². The first-order chi connectivity index (χ1) is 11.5. The van der Waals surface area contributed by atoms with Gasteiger partial charge in [0.15, 0.2) is 0 Å². The fourth-order valence-electron chi connectivity index (χ4n) is 2.44. The molecule has 1 heterocycles. The normalized spacial score (nSPS) is 10.6. The summed E-state index contributed by atoms with van der Waals surface area (Å²) in [6, 6.07) is 11.5. The number of amides is 1. The molecule has 0 atom stereocenters. The maximum atomic E-state index is 11.4. The minimum atomic E-state index is -0.553. The van der Waals surface area contributed by atoms with E-state index in [4.69, 9.17) is 10.5 Å². The van der Waals surface area contributed by atoms with Gasteiger partial charge in [0.05, 0.1) is 5.52 Å². The summed E-state index contributed by atoms with van der Waals surface area (Å²) in [6.45, 7) is 7.62. The van der Waals surface area contributed by atoms with E-state index in [-0.39, 0.29) is 11.6 Å². The van der Waals surface area contributed by atoms with Crippen LogP contribution in [-0.4, -0.2) is 15.9 Å². The van der Waals surface area contributed by atoms with Gasteiger partial charge >= 0.3 is 6.01 Å². The first kappa shape index (κ1) is 15.7. The number of aromatic nitrogens is 2. The molecule has 5 nitrogen and oxygen atoms in total. The summed E-state index contributed by atoms with van der Waals surface area (Å²) in [5.41, 5.74) is 8.92. The molecule has 0 aliphatic carbocycles. The highest BCUT2D eigenvalue weighted by Gasteiger charge is 2.13. The Hall–Kier alpha value is -3.21. The SMILES string of the molecule is C=C(C(N)=O)c1ccc2cnc(Oc3ccc(C)cc3)nc2c1C. The lowest BCUT2D eigenvalue weighted by Gasteiger charge is -2.10. The molecule has 0 saturated carbocycles. The highest BCUT2D eigenvalue weighted by atomic mass is 16.5. The van der Waals surface area contributed by atoms with Crippen molar-refractivity contribution in [3.63, 3.8) is 0 Å². The number of nitrogens with zero attached hydrogens (tertiary/aromatic N) is 2. The quantitative estimate of drug-likeness (QED) is 0.746. The second kappa shape index (κ2) is 6.12. The summed E-state index contributed by atoms with van der Waals surface area (Å²) >= 11 is 0. The highest BCUT2D eigenvalue weighted by molar-refractivity contribution is 6.19. The highest BCUT2D eigenvalue weighted by Crippen LogP contribution is 2.26. The van der Waals surface area contributed by atoms with E-state index in [0.717, 1.165) is 16.5 Å². The Kier molecular flexibility index (Phi) is 4.00. The summed E-state index contributed by atoms with van der Waals surface area (Å²) in [5.74, 6) is 0.109. The van der Waals surface area contributed by atoms with Crippen molar-refractivity contribution in [2.75, 3.05) is 0 Å². The van der Waals surface area contributed by atoms with E-state index in [2.05, 4.69) is 16.5 Å². The number of hydrogen-bond donors (Lipinski definition) is 1. The number of hydrogen-bond acceptors (Lipinski definition) is 4. The van der Waals surface area contributed by atoms with Crippen LogP contribution in [0.4, 0.5) is 0 Å². The van der Waals surface area contributed by atoms with Crippen LogP contribution in [0.3, 0.4) is 0 Å². The Balaban J connectivity index is 2.02. The number of nitrogens with two attached hydrogens (primary N) is 1. The molecular formula is C19H17N3O2. The number of carbonyl (C=O) groups excluding carboxylic acids is 1. The van der Waals surface area contributed by atoms with Gasteiger partial charge in [-0.2, -0.15) is 4.98 Å². The monoisotopic (exact) mass is 319 g/mol.